The smallest absolute Gasteiger partial charge is 0.355 e. The van der Waals surface area contributed by atoms with Crippen molar-refractivity contribution in [3.8, 4) is 0 Å². The molecule has 0 unspecified atom stereocenters. The predicted molar refractivity (Wildman–Crippen MR) is 130 cm³/mol. The van der Waals surface area contributed by atoms with E-state index in [0.717, 1.165) is 11.1 Å². The van der Waals surface area contributed by atoms with E-state index in [2.05, 4.69) is 25.9 Å². The van der Waals surface area contributed by atoms with E-state index in [1.807, 2.05) is 18.2 Å². The van der Waals surface area contributed by atoms with Crippen LogP contribution in [0.1, 0.15) is 21.5 Å². The van der Waals surface area contributed by atoms with Crippen molar-refractivity contribution in [1.29, 1.82) is 0 Å². The fourth-order valence-electron chi connectivity index (χ4n) is 3.96. The molecule has 11 heteroatoms. The number of rotatable bonds is 6. The minimum Gasteiger partial charge on any atom is -0.355 e. The fourth-order valence-corrected chi connectivity index (χ4v) is 4.10. The van der Waals surface area contributed by atoms with Gasteiger partial charge in [-0.1, -0.05) is 29.8 Å². The molecule has 0 spiro atoms. The number of nitrogens with one attached hydrogen (secondary N) is 3. The van der Waals surface area contributed by atoms with Gasteiger partial charge in [0.2, 0.25) is 5.95 Å². The fraction of sp³-hybridized carbons (Fsp3) is 0.292. The van der Waals surface area contributed by atoms with Gasteiger partial charge < -0.3 is 16.0 Å². The molecule has 7 nitrogen and oxygen atoms in total. The molecule has 0 radical (unpaired) electrons. The highest BCUT2D eigenvalue weighted by Crippen LogP contribution is 2.28. The number of hydrogen-bond acceptors (Lipinski definition) is 6. The number of benzene rings is 2. The number of anilines is 4. The first-order valence-electron chi connectivity index (χ1n) is 11.0. The number of hydrogen-bond donors (Lipinski definition) is 3. The highest BCUT2D eigenvalue weighted by atomic mass is 35.5. The Hall–Kier alpha value is -3.37. The van der Waals surface area contributed by atoms with Crippen molar-refractivity contribution in [3.63, 3.8) is 0 Å². The van der Waals surface area contributed by atoms with Gasteiger partial charge in [-0.3, -0.25) is 9.69 Å². The number of carbonyl (C=O) groups excluding carboxylic acids is 1. The van der Waals surface area contributed by atoms with Gasteiger partial charge in [0.05, 0.1) is 24.0 Å². The third-order valence-corrected chi connectivity index (χ3v) is 5.93. The van der Waals surface area contributed by atoms with Gasteiger partial charge in [-0.2, -0.15) is 18.2 Å². The third-order valence-electron chi connectivity index (χ3n) is 5.66. The zero-order valence-electron chi connectivity index (χ0n) is 18.9. The quantitative estimate of drug-likeness (QED) is 0.441. The molecule has 3 N–H and O–H groups in total. The van der Waals surface area contributed by atoms with Gasteiger partial charge >= 0.3 is 6.18 Å². The lowest BCUT2D eigenvalue weighted by atomic mass is 10.0. The van der Waals surface area contributed by atoms with Crippen LogP contribution in [0.4, 0.5) is 36.3 Å². The van der Waals surface area contributed by atoms with Crippen LogP contribution in [-0.2, 0) is 12.8 Å². The molecule has 0 bridgehead atoms. The van der Waals surface area contributed by atoms with Gasteiger partial charge in [0.25, 0.3) is 5.91 Å². The second kappa shape index (κ2) is 10.5. The summed E-state index contributed by atoms with van der Waals surface area (Å²) in [4.78, 5) is 22.3. The van der Waals surface area contributed by atoms with Crippen LogP contribution in [0.25, 0.3) is 0 Å². The summed E-state index contributed by atoms with van der Waals surface area (Å²) in [5, 5.41) is 9.08. The third kappa shape index (κ3) is 6.40. The van der Waals surface area contributed by atoms with Gasteiger partial charge in [0.1, 0.15) is 5.02 Å². The summed E-state index contributed by atoms with van der Waals surface area (Å²) in [6.07, 6.45) is -1.69. The number of halogens is 4. The molecule has 1 aromatic heterocycles. The minimum atomic E-state index is -4.21. The van der Waals surface area contributed by atoms with Gasteiger partial charge in [0, 0.05) is 25.8 Å². The Morgan fingerprint density at radius 3 is 2.57 bits per heavy atom. The van der Waals surface area contributed by atoms with Gasteiger partial charge in [0.15, 0.2) is 5.82 Å². The standard InChI is InChI=1S/C24H24ClF3N6O/c1-29-22(35)18-4-2-3-5-20(18)32-21-19(25)13-30-23(33-21)31-17-7-6-15-8-10-34(14-24(26,27)28)11-9-16(15)12-17/h2-7,12-13H,8-11,14H2,1H3,(H,29,35)(H2,30,31,32,33). The highest BCUT2D eigenvalue weighted by Gasteiger charge is 2.31. The van der Waals surface area contributed by atoms with E-state index in [1.54, 1.807) is 31.3 Å². The molecule has 4 rings (SSSR count). The van der Waals surface area contributed by atoms with E-state index in [9.17, 15) is 18.0 Å². The largest absolute Gasteiger partial charge is 0.401 e. The van der Waals surface area contributed by atoms with Crippen LogP contribution in [0.2, 0.25) is 5.02 Å². The normalized spacial score (nSPS) is 14.1. The van der Waals surface area contributed by atoms with Gasteiger partial charge in [-0.15, -0.1) is 0 Å². The number of fused-ring (bicyclic) bond motifs is 1. The molecule has 35 heavy (non-hydrogen) atoms. The maximum Gasteiger partial charge on any atom is 0.401 e. The molecule has 1 amide bonds. The lowest BCUT2D eigenvalue weighted by molar-refractivity contribution is -0.145. The van der Waals surface area contributed by atoms with Crippen molar-refractivity contribution in [2.75, 3.05) is 37.3 Å². The topological polar surface area (TPSA) is 82.2 Å². The van der Waals surface area contributed by atoms with E-state index in [1.165, 1.54) is 11.1 Å². The number of alkyl halides is 3. The lowest BCUT2D eigenvalue weighted by Crippen LogP contribution is -2.35. The maximum absolute atomic E-state index is 12.8. The molecule has 0 saturated heterocycles. The molecule has 0 atom stereocenters. The SMILES string of the molecule is CNC(=O)c1ccccc1Nc1nc(Nc2ccc3c(c2)CCN(CC(F)(F)F)CC3)ncc1Cl. The Bertz CT molecular complexity index is 1220. The maximum atomic E-state index is 12.8. The monoisotopic (exact) mass is 504 g/mol. The first kappa shape index (κ1) is 24.7. The molecule has 0 aliphatic carbocycles. The molecule has 184 valence electrons. The summed E-state index contributed by atoms with van der Waals surface area (Å²) in [6, 6.07) is 12.6. The summed E-state index contributed by atoms with van der Waals surface area (Å²) in [6.45, 7) is -0.193. The van der Waals surface area contributed by atoms with Crippen molar-refractivity contribution in [1.82, 2.24) is 20.2 Å². The number of aromatic nitrogens is 2. The Morgan fingerprint density at radius 1 is 1.09 bits per heavy atom. The van der Waals surface area contributed by atoms with Crippen molar-refractivity contribution < 1.29 is 18.0 Å². The van der Waals surface area contributed by atoms with Crippen LogP contribution in [0, 0.1) is 0 Å². The predicted octanol–water partition coefficient (Wildman–Crippen LogP) is 4.94. The number of amides is 1. The zero-order valence-corrected chi connectivity index (χ0v) is 19.7. The number of nitrogens with zero attached hydrogens (tertiary/aromatic N) is 3. The molecular formula is C24H24ClF3N6O. The molecule has 1 aliphatic rings. The molecule has 0 fully saturated rings. The molecular weight excluding hydrogens is 481 g/mol. The van der Waals surface area contributed by atoms with Crippen LogP contribution in [0.3, 0.4) is 0 Å². The van der Waals surface area contributed by atoms with Crippen LogP contribution >= 0.6 is 11.6 Å². The van der Waals surface area contributed by atoms with E-state index in [4.69, 9.17) is 11.6 Å². The van der Waals surface area contributed by atoms with Crippen LogP contribution in [-0.4, -0.2) is 53.6 Å². The van der Waals surface area contributed by atoms with Gasteiger partial charge in [-0.25, -0.2) is 4.98 Å². The van der Waals surface area contributed by atoms with Crippen molar-refractivity contribution in [2.24, 2.45) is 0 Å². The Labute approximate surface area is 205 Å². The first-order valence-corrected chi connectivity index (χ1v) is 11.4. The second-order valence-electron chi connectivity index (χ2n) is 8.14. The minimum absolute atomic E-state index is 0.254. The Morgan fingerprint density at radius 2 is 1.83 bits per heavy atom. The number of para-hydroxylation sites is 1. The summed E-state index contributed by atoms with van der Waals surface area (Å²) in [5.41, 5.74) is 3.71. The second-order valence-corrected chi connectivity index (χ2v) is 8.55. The summed E-state index contributed by atoms with van der Waals surface area (Å²) in [7, 11) is 1.55. The summed E-state index contributed by atoms with van der Waals surface area (Å²) in [5.74, 6) is 0.343. The highest BCUT2D eigenvalue weighted by molar-refractivity contribution is 6.33. The summed E-state index contributed by atoms with van der Waals surface area (Å²) >= 11 is 6.29. The zero-order chi connectivity index (χ0) is 25.0. The first-order chi connectivity index (χ1) is 16.7. The Balaban J connectivity index is 1.50. The number of carbonyl (C=O) groups is 1. The van der Waals surface area contributed by atoms with Crippen molar-refractivity contribution in [3.05, 3.63) is 70.4 Å². The van der Waals surface area contributed by atoms with E-state index >= 15 is 0 Å². The van der Waals surface area contributed by atoms with Gasteiger partial charge in [-0.05, 0) is 48.2 Å². The van der Waals surface area contributed by atoms with Crippen LogP contribution in [0.15, 0.2) is 48.7 Å². The Kier molecular flexibility index (Phi) is 7.42. The molecule has 0 saturated carbocycles. The van der Waals surface area contributed by atoms with Crippen LogP contribution < -0.4 is 16.0 Å². The lowest BCUT2D eigenvalue weighted by Gasteiger charge is -2.20. The molecule has 2 aromatic carbocycles. The molecule has 2 heterocycles. The molecule has 3 aromatic rings. The van der Waals surface area contributed by atoms with Crippen molar-refractivity contribution in [2.45, 2.75) is 19.0 Å². The molecule has 1 aliphatic heterocycles. The summed E-state index contributed by atoms with van der Waals surface area (Å²) < 4.78 is 38.4. The van der Waals surface area contributed by atoms with Crippen LogP contribution in [0.5, 0.6) is 0 Å². The average molecular weight is 505 g/mol. The van der Waals surface area contributed by atoms with E-state index in [0.29, 0.717) is 48.7 Å². The van der Waals surface area contributed by atoms with E-state index in [-0.39, 0.29) is 16.9 Å². The van der Waals surface area contributed by atoms with E-state index < -0.39 is 12.7 Å². The average Bonchev–Trinajstić information content (AvgIpc) is 3.02. The van der Waals surface area contributed by atoms with Crippen molar-refractivity contribution >= 4 is 40.6 Å².